The molecule has 1 aromatic rings. The van der Waals surface area contributed by atoms with E-state index in [2.05, 4.69) is 0 Å². The number of ether oxygens (including phenoxy) is 1. The highest BCUT2D eigenvalue weighted by molar-refractivity contribution is 7.91. The molecule has 1 aromatic carbocycles. The van der Waals surface area contributed by atoms with Crippen molar-refractivity contribution in [2.75, 3.05) is 44.3 Å². The molecule has 6 nitrogen and oxygen atoms in total. The minimum absolute atomic E-state index is 0.00954. The number of aryl methyl sites for hydroxylation is 1. The molecule has 25 heavy (non-hydrogen) atoms. The molecule has 0 aromatic heterocycles. The lowest BCUT2D eigenvalue weighted by Crippen LogP contribution is -3.18. The number of hydrogen-bond donors (Lipinski definition) is 1. The fraction of sp³-hybridized carbons (Fsp3) is 0.588. The summed E-state index contributed by atoms with van der Waals surface area (Å²) >= 11 is 5.92. The Balaban J connectivity index is 1.47. The summed E-state index contributed by atoms with van der Waals surface area (Å²) in [4.78, 5) is 15.5. The van der Waals surface area contributed by atoms with Gasteiger partial charge in [0.25, 0.3) is 5.91 Å². The van der Waals surface area contributed by atoms with Crippen molar-refractivity contribution in [3.05, 3.63) is 28.8 Å². The van der Waals surface area contributed by atoms with Crippen LogP contribution in [0.4, 0.5) is 0 Å². The van der Waals surface area contributed by atoms with Crippen LogP contribution in [0, 0.1) is 6.92 Å². The summed E-state index contributed by atoms with van der Waals surface area (Å²) in [5.74, 6) is 1.22. The van der Waals surface area contributed by atoms with Gasteiger partial charge in [-0.2, -0.15) is 0 Å². The second-order valence-electron chi connectivity index (χ2n) is 6.84. The summed E-state index contributed by atoms with van der Waals surface area (Å²) < 4.78 is 28.9. The van der Waals surface area contributed by atoms with Crippen LogP contribution in [-0.2, 0) is 14.6 Å². The Morgan fingerprint density at radius 1 is 1.36 bits per heavy atom. The molecule has 3 rings (SSSR count). The van der Waals surface area contributed by atoms with Crippen molar-refractivity contribution < 1.29 is 22.8 Å². The number of nitrogens with one attached hydrogen (secondary N) is 1. The molecule has 0 saturated carbocycles. The van der Waals surface area contributed by atoms with E-state index < -0.39 is 9.84 Å². The first-order valence-corrected chi connectivity index (χ1v) is 10.8. The van der Waals surface area contributed by atoms with Crippen LogP contribution in [0.1, 0.15) is 12.0 Å². The summed E-state index contributed by atoms with van der Waals surface area (Å²) in [7, 11) is -2.85. The Morgan fingerprint density at radius 3 is 2.68 bits per heavy atom. The smallest absolute Gasteiger partial charge is 0.260 e. The summed E-state index contributed by atoms with van der Waals surface area (Å²) in [5, 5.41) is 0.643. The number of benzene rings is 1. The number of piperazine rings is 1. The van der Waals surface area contributed by atoms with E-state index in [1.54, 1.807) is 23.1 Å². The van der Waals surface area contributed by atoms with Crippen molar-refractivity contribution in [1.82, 2.24) is 4.90 Å². The SMILES string of the molecule is Cc1cc(Cl)ccc1OCC(=O)N1CC[NH+]([C@H]2CCS(=O)(=O)C2)CC1. The number of quaternary nitrogens is 1. The standard InChI is InChI=1S/C17H23ClN2O4S/c1-13-10-14(18)2-3-16(13)24-11-17(21)20-7-5-19(6-8-20)15-4-9-25(22,23)12-15/h2-3,10,15H,4-9,11-12H2,1H3/p+1/t15-/m0/s1. The molecule has 0 unspecified atom stereocenters. The Labute approximate surface area is 153 Å². The molecule has 2 aliphatic rings. The normalized spacial score (nSPS) is 23.6. The number of amides is 1. The molecule has 138 valence electrons. The summed E-state index contributed by atoms with van der Waals surface area (Å²) in [6, 6.07) is 5.51. The van der Waals surface area contributed by atoms with Gasteiger partial charge >= 0.3 is 0 Å². The maximum absolute atomic E-state index is 12.4. The number of rotatable bonds is 4. The number of carbonyl (C=O) groups excluding carboxylic acids is 1. The lowest BCUT2D eigenvalue weighted by Gasteiger charge is -2.35. The zero-order valence-corrected chi connectivity index (χ0v) is 15.9. The van der Waals surface area contributed by atoms with Gasteiger partial charge in [-0.1, -0.05) is 11.6 Å². The number of sulfone groups is 1. The van der Waals surface area contributed by atoms with Gasteiger partial charge in [0.1, 0.15) is 17.5 Å². The van der Waals surface area contributed by atoms with E-state index in [1.807, 2.05) is 6.92 Å². The molecule has 1 amide bonds. The molecule has 0 radical (unpaired) electrons. The van der Waals surface area contributed by atoms with Gasteiger partial charge < -0.3 is 14.5 Å². The van der Waals surface area contributed by atoms with Crippen molar-refractivity contribution >= 4 is 27.3 Å². The minimum Gasteiger partial charge on any atom is -0.483 e. The maximum Gasteiger partial charge on any atom is 0.260 e. The quantitative estimate of drug-likeness (QED) is 0.786. The average Bonchev–Trinajstić information content (AvgIpc) is 2.94. The Hall–Kier alpha value is -1.31. The first kappa shape index (κ1) is 18.5. The molecule has 0 bridgehead atoms. The van der Waals surface area contributed by atoms with Crippen LogP contribution in [-0.4, -0.2) is 69.6 Å². The van der Waals surface area contributed by atoms with E-state index in [-0.39, 0.29) is 24.3 Å². The van der Waals surface area contributed by atoms with Crippen LogP contribution in [0.15, 0.2) is 18.2 Å². The Morgan fingerprint density at radius 2 is 2.08 bits per heavy atom. The van der Waals surface area contributed by atoms with Gasteiger partial charge in [0.2, 0.25) is 0 Å². The molecular formula is C17H24ClN2O4S+. The van der Waals surface area contributed by atoms with E-state index in [0.717, 1.165) is 25.1 Å². The fourth-order valence-corrected chi connectivity index (χ4v) is 5.63. The lowest BCUT2D eigenvalue weighted by atomic mass is 10.2. The largest absolute Gasteiger partial charge is 0.483 e. The monoisotopic (exact) mass is 387 g/mol. The first-order chi connectivity index (χ1) is 11.8. The van der Waals surface area contributed by atoms with Crippen molar-refractivity contribution in [2.45, 2.75) is 19.4 Å². The van der Waals surface area contributed by atoms with Gasteiger partial charge in [-0.25, -0.2) is 8.42 Å². The van der Waals surface area contributed by atoms with E-state index in [9.17, 15) is 13.2 Å². The molecule has 2 aliphatic heterocycles. The number of nitrogens with zero attached hydrogens (tertiary/aromatic N) is 1. The molecule has 2 saturated heterocycles. The molecule has 1 atom stereocenters. The van der Waals surface area contributed by atoms with Crippen LogP contribution >= 0.6 is 11.6 Å². The van der Waals surface area contributed by atoms with Gasteiger partial charge in [-0.3, -0.25) is 4.79 Å². The molecule has 0 spiro atoms. The Kier molecular flexibility index (Phi) is 5.55. The van der Waals surface area contributed by atoms with Crippen molar-refractivity contribution in [3.8, 4) is 5.75 Å². The van der Waals surface area contributed by atoms with Gasteiger partial charge in [0.05, 0.1) is 31.9 Å². The van der Waals surface area contributed by atoms with Crippen LogP contribution < -0.4 is 9.64 Å². The molecule has 1 N–H and O–H groups in total. The zero-order chi connectivity index (χ0) is 18.0. The van der Waals surface area contributed by atoms with Crippen molar-refractivity contribution in [2.24, 2.45) is 0 Å². The van der Waals surface area contributed by atoms with Gasteiger partial charge in [-0.15, -0.1) is 0 Å². The molecule has 8 heteroatoms. The maximum atomic E-state index is 12.4. The second kappa shape index (κ2) is 7.51. The molecule has 0 aliphatic carbocycles. The van der Waals surface area contributed by atoms with Crippen LogP contribution in [0.25, 0.3) is 0 Å². The van der Waals surface area contributed by atoms with E-state index in [4.69, 9.17) is 16.3 Å². The van der Waals surface area contributed by atoms with Crippen LogP contribution in [0.5, 0.6) is 5.75 Å². The van der Waals surface area contributed by atoms with Crippen molar-refractivity contribution in [1.29, 1.82) is 0 Å². The third-order valence-corrected chi connectivity index (χ3v) is 7.06. The minimum atomic E-state index is -2.85. The predicted octanol–water partition coefficient (Wildman–Crippen LogP) is -0.0586. The van der Waals surface area contributed by atoms with Gasteiger partial charge in [0.15, 0.2) is 16.4 Å². The fourth-order valence-electron chi connectivity index (χ4n) is 3.57. The van der Waals surface area contributed by atoms with E-state index >= 15 is 0 Å². The van der Waals surface area contributed by atoms with Crippen LogP contribution in [0.2, 0.25) is 5.02 Å². The second-order valence-corrected chi connectivity index (χ2v) is 9.50. The number of carbonyl (C=O) groups is 1. The summed E-state index contributed by atoms with van der Waals surface area (Å²) in [6.45, 7) is 4.79. The number of halogens is 1. The third-order valence-electron chi connectivity index (χ3n) is 5.06. The highest BCUT2D eigenvalue weighted by atomic mass is 35.5. The highest BCUT2D eigenvalue weighted by Crippen LogP contribution is 2.21. The molecule has 2 heterocycles. The lowest BCUT2D eigenvalue weighted by molar-refractivity contribution is -0.925. The van der Waals surface area contributed by atoms with Crippen LogP contribution in [0.3, 0.4) is 0 Å². The van der Waals surface area contributed by atoms with Gasteiger partial charge in [0, 0.05) is 11.4 Å². The summed E-state index contributed by atoms with van der Waals surface area (Å²) in [6.07, 6.45) is 0.741. The van der Waals surface area contributed by atoms with Gasteiger partial charge in [-0.05, 0) is 30.7 Å². The van der Waals surface area contributed by atoms with Crippen molar-refractivity contribution in [3.63, 3.8) is 0 Å². The molecule has 2 fully saturated rings. The number of hydrogen-bond acceptors (Lipinski definition) is 4. The topological polar surface area (TPSA) is 68.1 Å². The zero-order valence-electron chi connectivity index (χ0n) is 14.3. The first-order valence-electron chi connectivity index (χ1n) is 8.56. The predicted molar refractivity (Wildman–Crippen MR) is 96.0 cm³/mol. The average molecular weight is 388 g/mol. The summed E-state index contributed by atoms with van der Waals surface area (Å²) in [5.41, 5.74) is 0.900. The van der Waals surface area contributed by atoms with E-state index in [0.29, 0.717) is 29.6 Å². The highest BCUT2D eigenvalue weighted by Gasteiger charge is 2.37. The Bertz CT molecular complexity index is 745. The molecular weight excluding hydrogens is 364 g/mol. The van der Waals surface area contributed by atoms with E-state index in [1.165, 1.54) is 4.90 Å². The third kappa shape index (κ3) is 4.65.